The Morgan fingerprint density at radius 3 is 2.28 bits per heavy atom. The van der Waals surface area contributed by atoms with E-state index in [-0.39, 0.29) is 69.7 Å². The number of rotatable bonds is 26. The number of fused-ring (bicyclic) bond motifs is 3. The van der Waals surface area contributed by atoms with Gasteiger partial charge in [0.15, 0.2) is 11.5 Å². The zero-order chi connectivity index (χ0) is 45.5. The molecule has 64 heavy (non-hydrogen) atoms. The monoisotopic (exact) mass is 889 g/mol. The van der Waals surface area contributed by atoms with Crippen molar-refractivity contribution >= 4 is 11.8 Å². The van der Waals surface area contributed by atoms with Gasteiger partial charge in [0, 0.05) is 37.7 Å². The third-order valence-corrected chi connectivity index (χ3v) is 13.2. The van der Waals surface area contributed by atoms with E-state index in [1.165, 1.54) is 44.9 Å². The Morgan fingerprint density at radius 2 is 1.58 bits per heavy atom. The Bertz CT molecular complexity index is 1870. The van der Waals surface area contributed by atoms with Crippen LogP contribution in [0.5, 0.6) is 23.0 Å². The fourth-order valence-corrected chi connectivity index (χ4v) is 10.2. The Hall–Kier alpha value is -4.26. The minimum Gasteiger partial charge on any atom is -0.508 e. The van der Waals surface area contributed by atoms with Gasteiger partial charge in [-0.25, -0.2) is 4.79 Å². The van der Waals surface area contributed by atoms with Crippen LogP contribution < -0.4 is 14.2 Å². The smallest absolute Gasteiger partial charge is 0.410 e. The number of oxime groups is 1. The second kappa shape index (κ2) is 23.8. The summed E-state index contributed by atoms with van der Waals surface area (Å²) >= 11 is 0. The number of phenolic OH excluding ortho intramolecular Hbond substituents is 1. The van der Waals surface area contributed by atoms with Gasteiger partial charge in [-0.15, -0.1) is 6.58 Å². The van der Waals surface area contributed by atoms with Gasteiger partial charge in [-0.05, 0) is 106 Å². The molecule has 6 atom stereocenters. The molecule has 1 fully saturated rings. The normalized spacial score (nSPS) is 23.8. The SMILES string of the molecule is C=CCO[C@@]12Oc3ccc(O)cc3[C@H]3[C@H](CCCCO)[C@@H](CCCCO)C=C(C(=NOC(C)(C)C)C[C@@H]1N(Cc1ccc4c(c1)OCO4)C(=O)OCCCCCCCCCCCC)[C@H]32. The van der Waals surface area contributed by atoms with Gasteiger partial charge >= 0.3 is 6.09 Å². The first-order valence-corrected chi connectivity index (χ1v) is 24.3. The average Bonchev–Trinajstić information content (AvgIpc) is 3.75. The number of unbranched alkanes of at least 4 members (excludes halogenated alkanes) is 11. The molecule has 0 aromatic heterocycles. The minimum absolute atomic E-state index is 0.0317. The maximum absolute atomic E-state index is 15.0. The van der Waals surface area contributed by atoms with E-state index in [9.17, 15) is 20.1 Å². The highest BCUT2D eigenvalue weighted by Crippen LogP contribution is 2.62. The van der Waals surface area contributed by atoms with Crippen LogP contribution in [0, 0.1) is 17.8 Å². The second-order valence-electron chi connectivity index (χ2n) is 19.1. The van der Waals surface area contributed by atoms with Crippen molar-refractivity contribution in [2.24, 2.45) is 22.9 Å². The number of hydrogen-bond acceptors (Lipinski definition) is 11. The largest absolute Gasteiger partial charge is 0.508 e. The van der Waals surface area contributed by atoms with E-state index < -0.39 is 29.4 Å². The molecule has 3 N–H and O–H groups in total. The summed E-state index contributed by atoms with van der Waals surface area (Å²) in [5.74, 6) is -0.175. The number of phenols is 1. The highest BCUT2D eigenvalue weighted by Gasteiger charge is 2.65. The Balaban J connectivity index is 1.44. The standard InChI is InChI=1S/C52H76N2O10/c1-6-8-9-10-11-12-13-14-15-20-30-59-50(58)54(35-37-23-25-45-46(31-37)61-36-60-45)47-34-43(53-64-51(3,4)5)41-32-38(21-16-18-27-55)40(22-17-19-28-56)48-42-33-39(57)24-26-44(42)63-52(47,49(41)48)62-29-7-2/h7,23-26,31-33,38,40,47-49,55-57H,2,6,8-22,27-30,34-36H2,1,3-5H3/t38-,40+,47-,48+,49+,52+/m0/s1. The maximum Gasteiger partial charge on any atom is 0.410 e. The molecule has 0 unspecified atom stereocenters. The number of ether oxygens (including phenoxy) is 5. The molecule has 4 aliphatic rings. The molecule has 0 bridgehead atoms. The summed E-state index contributed by atoms with van der Waals surface area (Å²) in [4.78, 5) is 23.0. The molecule has 2 aliphatic heterocycles. The number of carbonyl (C=O) groups is 1. The quantitative estimate of drug-likeness (QED) is 0.0473. The Kier molecular flexibility index (Phi) is 18.3. The van der Waals surface area contributed by atoms with Crippen molar-refractivity contribution in [3.63, 3.8) is 0 Å². The number of hydrogen-bond donors (Lipinski definition) is 3. The molecular weight excluding hydrogens is 813 g/mol. The van der Waals surface area contributed by atoms with Gasteiger partial charge in [-0.3, -0.25) is 4.90 Å². The highest BCUT2D eigenvalue weighted by molar-refractivity contribution is 6.03. The molecule has 0 radical (unpaired) electrons. The average molecular weight is 889 g/mol. The van der Waals surface area contributed by atoms with Crippen molar-refractivity contribution < 1.29 is 48.6 Å². The van der Waals surface area contributed by atoms with E-state index in [1.54, 1.807) is 29.2 Å². The van der Waals surface area contributed by atoms with Crippen LogP contribution in [0.2, 0.25) is 0 Å². The van der Waals surface area contributed by atoms with Crippen LogP contribution in [0.25, 0.3) is 0 Å². The number of aliphatic hydroxyl groups excluding tert-OH is 2. The highest BCUT2D eigenvalue weighted by atomic mass is 16.7. The number of benzene rings is 2. The van der Waals surface area contributed by atoms with Gasteiger partial charge in [-0.1, -0.05) is 101 Å². The van der Waals surface area contributed by atoms with Gasteiger partial charge in [0.05, 0.1) is 24.8 Å². The molecule has 6 rings (SSSR count). The van der Waals surface area contributed by atoms with E-state index in [1.807, 2.05) is 39.0 Å². The van der Waals surface area contributed by atoms with E-state index in [0.717, 1.165) is 61.6 Å². The van der Waals surface area contributed by atoms with Gasteiger partial charge in [-0.2, -0.15) is 0 Å². The predicted octanol–water partition coefficient (Wildman–Crippen LogP) is 11.1. The van der Waals surface area contributed by atoms with Crippen LogP contribution in [0.1, 0.15) is 154 Å². The molecule has 1 saturated carbocycles. The third-order valence-electron chi connectivity index (χ3n) is 13.2. The molecule has 354 valence electrons. The van der Waals surface area contributed by atoms with Crippen molar-refractivity contribution in [2.75, 3.05) is 33.2 Å². The van der Waals surface area contributed by atoms with E-state index in [4.69, 9.17) is 33.7 Å². The van der Waals surface area contributed by atoms with Crippen molar-refractivity contribution in [1.82, 2.24) is 4.90 Å². The molecule has 0 spiro atoms. The zero-order valence-electron chi connectivity index (χ0n) is 39.1. The summed E-state index contributed by atoms with van der Waals surface area (Å²) in [5, 5.41) is 35.8. The molecule has 12 nitrogen and oxygen atoms in total. The van der Waals surface area contributed by atoms with Crippen LogP contribution >= 0.6 is 0 Å². The van der Waals surface area contributed by atoms with Gasteiger partial charge in [0.1, 0.15) is 23.1 Å². The second-order valence-corrected chi connectivity index (χ2v) is 19.1. The molecule has 2 aromatic carbocycles. The Morgan fingerprint density at radius 1 is 0.891 bits per heavy atom. The first-order chi connectivity index (χ1) is 31.0. The fraction of sp³-hybridized carbons (Fsp3) is 0.654. The van der Waals surface area contributed by atoms with Crippen LogP contribution in [-0.2, 0) is 20.9 Å². The van der Waals surface area contributed by atoms with Crippen LogP contribution in [0.15, 0.2) is 65.9 Å². The molecular formula is C52H76N2O10. The molecule has 0 saturated heterocycles. The van der Waals surface area contributed by atoms with Gasteiger partial charge in [0.25, 0.3) is 0 Å². The molecule has 2 aliphatic carbocycles. The lowest BCUT2D eigenvalue weighted by Gasteiger charge is -2.60. The summed E-state index contributed by atoms with van der Waals surface area (Å²) in [6.07, 6.45) is 20.0. The van der Waals surface area contributed by atoms with Gasteiger partial charge < -0.3 is 43.8 Å². The third kappa shape index (κ3) is 12.3. The first-order valence-electron chi connectivity index (χ1n) is 24.3. The summed E-state index contributed by atoms with van der Waals surface area (Å²) in [6.45, 7) is 13.0. The van der Waals surface area contributed by atoms with E-state index in [0.29, 0.717) is 35.8 Å². The molecule has 2 heterocycles. The summed E-state index contributed by atoms with van der Waals surface area (Å²) in [5.41, 5.74) is 2.69. The zero-order valence-corrected chi connectivity index (χ0v) is 39.1. The van der Waals surface area contributed by atoms with Crippen LogP contribution in [0.3, 0.4) is 0 Å². The molecule has 2 aromatic rings. The number of amides is 1. The number of aliphatic hydroxyl groups is 2. The maximum atomic E-state index is 15.0. The number of nitrogens with zero attached hydrogens (tertiary/aromatic N) is 2. The van der Waals surface area contributed by atoms with Crippen molar-refractivity contribution in [1.29, 1.82) is 0 Å². The van der Waals surface area contributed by atoms with Crippen LogP contribution in [0.4, 0.5) is 4.79 Å². The van der Waals surface area contributed by atoms with E-state index in [2.05, 4.69) is 19.6 Å². The number of allylic oxidation sites excluding steroid dienone is 1. The lowest BCUT2D eigenvalue weighted by atomic mass is 9.55. The summed E-state index contributed by atoms with van der Waals surface area (Å²) in [7, 11) is 0. The molecule has 12 heteroatoms. The first kappa shape index (κ1) is 49.2. The fourth-order valence-electron chi connectivity index (χ4n) is 10.2. The molecule has 1 amide bonds. The van der Waals surface area contributed by atoms with Crippen molar-refractivity contribution in [2.45, 2.75) is 167 Å². The van der Waals surface area contributed by atoms with Gasteiger partial charge in [0.2, 0.25) is 12.6 Å². The Labute approximate surface area is 382 Å². The lowest BCUT2D eigenvalue weighted by Crippen LogP contribution is -2.70. The summed E-state index contributed by atoms with van der Waals surface area (Å²) in [6, 6.07) is 10.2. The van der Waals surface area contributed by atoms with Crippen LogP contribution in [-0.4, -0.2) is 82.7 Å². The lowest BCUT2D eigenvalue weighted by molar-refractivity contribution is -0.256. The topological polar surface area (TPSA) is 149 Å². The predicted molar refractivity (Wildman–Crippen MR) is 249 cm³/mol. The van der Waals surface area contributed by atoms with E-state index >= 15 is 0 Å². The summed E-state index contributed by atoms with van der Waals surface area (Å²) < 4.78 is 32.1. The van der Waals surface area contributed by atoms with Crippen molar-refractivity contribution in [3.8, 4) is 23.0 Å². The number of aromatic hydroxyl groups is 1. The number of carbonyl (C=O) groups excluding carboxylic acids is 1. The van der Waals surface area contributed by atoms with Crippen molar-refractivity contribution in [3.05, 3.63) is 71.8 Å². The minimum atomic E-state index is -1.47.